The smallest absolute Gasteiger partial charge is 0.246 e. The second kappa shape index (κ2) is 7.62. The predicted octanol–water partition coefficient (Wildman–Crippen LogP) is -0.482. The molecule has 0 atom stereocenters. The zero-order chi connectivity index (χ0) is 10.9. The van der Waals surface area contributed by atoms with Crippen LogP contribution in [0.25, 0.3) is 0 Å². The molecule has 0 heterocycles. The molecule has 1 rings (SSSR count). The summed E-state index contributed by atoms with van der Waals surface area (Å²) >= 11 is 0. The van der Waals surface area contributed by atoms with Gasteiger partial charge in [-0.15, -0.1) is 0 Å². The zero-order valence-electron chi connectivity index (χ0n) is 9.25. The Morgan fingerprint density at radius 2 is 2.13 bits per heavy atom. The Morgan fingerprint density at radius 1 is 1.33 bits per heavy atom. The van der Waals surface area contributed by atoms with Gasteiger partial charge in [-0.2, -0.15) is 0 Å². The van der Waals surface area contributed by atoms with Crippen LogP contribution in [0.2, 0.25) is 0 Å². The van der Waals surface area contributed by atoms with Gasteiger partial charge in [-0.1, -0.05) is 0 Å². The molecule has 5 heteroatoms. The molecule has 2 N–H and O–H groups in total. The zero-order valence-corrected chi connectivity index (χ0v) is 9.25. The molecule has 0 aromatic heterocycles. The van der Waals surface area contributed by atoms with E-state index in [4.69, 9.17) is 9.47 Å². The van der Waals surface area contributed by atoms with Crippen molar-refractivity contribution in [2.45, 2.75) is 18.9 Å². The predicted molar refractivity (Wildman–Crippen MR) is 56.7 cm³/mol. The van der Waals surface area contributed by atoms with Gasteiger partial charge in [0.1, 0.15) is 6.61 Å². The topological polar surface area (TPSA) is 59.6 Å². The number of amides is 1. The highest BCUT2D eigenvalue weighted by Gasteiger charge is 2.19. The van der Waals surface area contributed by atoms with E-state index in [1.807, 2.05) is 0 Å². The molecule has 0 aromatic rings. The number of hydrogen-bond acceptors (Lipinski definition) is 4. The molecule has 5 nitrogen and oxygen atoms in total. The number of hydrogen-bond donors (Lipinski definition) is 2. The third-order valence-corrected chi connectivity index (χ3v) is 2.12. The first-order chi connectivity index (χ1) is 7.33. The van der Waals surface area contributed by atoms with E-state index in [1.165, 1.54) is 12.8 Å². The number of ether oxygens (including phenoxy) is 2. The summed E-state index contributed by atoms with van der Waals surface area (Å²) in [5.41, 5.74) is 0. The van der Waals surface area contributed by atoms with E-state index in [1.54, 1.807) is 7.11 Å². The standard InChI is InChI=1S/C10H20N2O3/c1-14-6-7-15-8-10(13)12-5-4-11-9-2-3-9/h9,11H,2-8H2,1H3,(H,12,13). The molecule has 0 spiro atoms. The fourth-order valence-electron chi connectivity index (χ4n) is 1.12. The maximum absolute atomic E-state index is 11.2. The summed E-state index contributed by atoms with van der Waals surface area (Å²) in [5, 5.41) is 6.09. The van der Waals surface area contributed by atoms with Gasteiger partial charge >= 0.3 is 0 Å². The van der Waals surface area contributed by atoms with Crippen molar-refractivity contribution in [2.75, 3.05) is 40.0 Å². The average Bonchev–Trinajstić information content (AvgIpc) is 3.03. The molecule has 15 heavy (non-hydrogen) atoms. The number of carbonyl (C=O) groups is 1. The number of nitrogens with one attached hydrogen (secondary N) is 2. The molecule has 1 amide bonds. The van der Waals surface area contributed by atoms with Crippen LogP contribution >= 0.6 is 0 Å². The number of carbonyl (C=O) groups excluding carboxylic acids is 1. The molecule has 0 saturated heterocycles. The van der Waals surface area contributed by atoms with Crippen LogP contribution in [0.3, 0.4) is 0 Å². The van der Waals surface area contributed by atoms with Gasteiger partial charge in [0.05, 0.1) is 13.2 Å². The second-order valence-electron chi connectivity index (χ2n) is 3.62. The molecule has 0 radical (unpaired) electrons. The Balaban J connectivity index is 1.80. The van der Waals surface area contributed by atoms with Crippen LogP contribution in [0.4, 0.5) is 0 Å². The molecular formula is C10H20N2O3. The van der Waals surface area contributed by atoms with Gasteiger partial charge in [-0.25, -0.2) is 0 Å². The van der Waals surface area contributed by atoms with Crippen molar-refractivity contribution >= 4 is 5.91 Å². The van der Waals surface area contributed by atoms with Gasteiger partial charge < -0.3 is 20.1 Å². The van der Waals surface area contributed by atoms with E-state index >= 15 is 0 Å². The molecule has 1 aliphatic carbocycles. The third kappa shape index (κ3) is 7.30. The number of methoxy groups -OCH3 is 1. The Labute approximate surface area is 90.5 Å². The largest absolute Gasteiger partial charge is 0.382 e. The first-order valence-electron chi connectivity index (χ1n) is 5.39. The fraction of sp³-hybridized carbons (Fsp3) is 0.900. The van der Waals surface area contributed by atoms with Gasteiger partial charge in [-0.05, 0) is 12.8 Å². The lowest BCUT2D eigenvalue weighted by molar-refractivity contribution is -0.126. The van der Waals surface area contributed by atoms with Crippen LogP contribution in [-0.2, 0) is 14.3 Å². The lowest BCUT2D eigenvalue weighted by Crippen LogP contribution is -2.34. The van der Waals surface area contributed by atoms with Crippen LogP contribution < -0.4 is 10.6 Å². The molecule has 0 aliphatic heterocycles. The van der Waals surface area contributed by atoms with E-state index in [2.05, 4.69) is 10.6 Å². The lowest BCUT2D eigenvalue weighted by atomic mass is 10.5. The van der Waals surface area contributed by atoms with E-state index in [0.29, 0.717) is 25.8 Å². The van der Waals surface area contributed by atoms with Crippen molar-refractivity contribution in [2.24, 2.45) is 0 Å². The maximum Gasteiger partial charge on any atom is 0.246 e. The van der Waals surface area contributed by atoms with E-state index < -0.39 is 0 Å². The Hall–Kier alpha value is -0.650. The van der Waals surface area contributed by atoms with Crippen molar-refractivity contribution in [3.63, 3.8) is 0 Å². The van der Waals surface area contributed by atoms with Gasteiger partial charge in [0.25, 0.3) is 0 Å². The summed E-state index contributed by atoms with van der Waals surface area (Å²) < 4.78 is 9.86. The molecule has 1 saturated carbocycles. The van der Waals surface area contributed by atoms with E-state index in [-0.39, 0.29) is 12.5 Å². The third-order valence-electron chi connectivity index (χ3n) is 2.12. The SMILES string of the molecule is COCCOCC(=O)NCCNC1CC1. The first kappa shape index (κ1) is 12.4. The van der Waals surface area contributed by atoms with Crippen molar-refractivity contribution in [1.29, 1.82) is 0 Å². The van der Waals surface area contributed by atoms with Crippen LogP contribution in [0.5, 0.6) is 0 Å². The molecule has 1 aliphatic rings. The van der Waals surface area contributed by atoms with Crippen molar-refractivity contribution in [1.82, 2.24) is 10.6 Å². The highest BCUT2D eigenvalue weighted by Crippen LogP contribution is 2.17. The average molecular weight is 216 g/mol. The highest BCUT2D eigenvalue weighted by atomic mass is 16.5. The van der Waals surface area contributed by atoms with Crippen LogP contribution in [0, 0.1) is 0 Å². The van der Waals surface area contributed by atoms with Crippen molar-refractivity contribution in [3.8, 4) is 0 Å². The second-order valence-corrected chi connectivity index (χ2v) is 3.62. The first-order valence-corrected chi connectivity index (χ1v) is 5.39. The fourth-order valence-corrected chi connectivity index (χ4v) is 1.12. The van der Waals surface area contributed by atoms with Gasteiger partial charge in [0.15, 0.2) is 0 Å². The van der Waals surface area contributed by atoms with E-state index in [0.717, 1.165) is 6.54 Å². The molecule has 0 aromatic carbocycles. The van der Waals surface area contributed by atoms with Gasteiger partial charge in [0.2, 0.25) is 5.91 Å². The maximum atomic E-state index is 11.2. The summed E-state index contributed by atoms with van der Waals surface area (Å²) in [6.07, 6.45) is 2.54. The van der Waals surface area contributed by atoms with Crippen molar-refractivity contribution in [3.05, 3.63) is 0 Å². The van der Waals surface area contributed by atoms with Crippen LogP contribution in [0.15, 0.2) is 0 Å². The van der Waals surface area contributed by atoms with Crippen molar-refractivity contribution < 1.29 is 14.3 Å². The summed E-state index contributed by atoms with van der Waals surface area (Å²) in [6.45, 7) is 2.62. The Bertz CT molecular complexity index is 184. The minimum Gasteiger partial charge on any atom is -0.382 e. The van der Waals surface area contributed by atoms with Crippen LogP contribution in [0.1, 0.15) is 12.8 Å². The van der Waals surface area contributed by atoms with Gasteiger partial charge in [-0.3, -0.25) is 4.79 Å². The molecular weight excluding hydrogens is 196 g/mol. The summed E-state index contributed by atoms with van der Waals surface area (Å²) in [6, 6.07) is 0.694. The quantitative estimate of drug-likeness (QED) is 0.511. The normalized spacial score (nSPS) is 15.3. The Kier molecular flexibility index (Phi) is 6.31. The monoisotopic (exact) mass is 216 g/mol. The number of rotatable bonds is 9. The van der Waals surface area contributed by atoms with E-state index in [9.17, 15) is 4.79 Å². The molecule has 1 fully saturated rings. The minimum atomic E-state index is -0.0660. The summed E-state index contributed by atoms with van der Waals surface area (Å²) in [4.78, 5) is 11.2. The van der Waals surface area contributed by atoms with Gasteiger partial charge in [0, 0.05) is 26.2 Å². The summed E-state index contributed by atoms with van der Waals surface area (Å²) in [5.74, 6) is -0.0660. The molecule has 0 bridgehead atoms. The summed E-state index contributed by atoms with van der Waals surface area (Å²) in [7, 11) is 1.60. The lowest BCUT2D eigenvalue weighted by Gasteiger charge is -2.06. The highest BCUT2D eigenvalue weighted by molar-refractivity contribution is 5.77. The Morgan fingerprint density at radius 3 is 2.80 bits per heavy atom. The minimum absolute atomic E-state index is 0.0660. The van der Waals surface area contributed by atoms with Crippen LogP contribution in [-0.4, -0.2) is 52.0 Å². The molecule has 88 valence electrons. The molecule has 0 unspecified atom stereocenters.